The van der Waals surface area contributed by atoms with Gasteiger partial charge in [0.05, 0.1) is 13.1 Å². The molecule has 0 heterocycles. The summed E-state index contributed by atoms with van der Waals surface area (Å²) in [4.78, 5) is 28.1. The van der Waals surface area contributed by atoms with Crippen LogP contribution in [0.4, 0.5) is 18.9 Å². The predicted octanol–water partition coefficient (Wildman–Crippen LogP) is 3.76. The van der Waals surface area contributed by atoms with Crippen molar-refractivity contribution in [1.29, 1.82) is 0 Å². The van der Waals surface area contributed by atoms with E-state index in [1.54, 1.807) is 16.8 Å². The van der Waals surface area contributed by atoms with Crippen LogP contribution in [0, 0.1) is 0 Å². The van der Waals surface area contributed by atoms with Gasteiger partial charge in [-0.05, 0) is 63.9 Å². The first-order chi connectivity index (χ1) is 13.7. The van der Waals surface area contributed by atoms with E-state index >= 15 is 0 Å². The molecule has 29 heavy (non-hydrogen) atoms. The maximum atomic E-state index is 12.6. The highest BCUT2D eigenvalue weighted by atomic mass is 19.4. The monoisotopic (exact) mass is 413 g/mol. The van der Waals surface area contributed by atoms with Gasteiger partial charge in [-0.15, -0.1) is 13.2 Å². The maximum absolute atomic E-state index is 12.6. The molecular formula is C20H26F3N3O3. The van der Waals surface area contributed by atoms with Gasteiger partial charge in [-0.1, -0.05) is 6.08 Å². The Hall–Kier alpha value is -2.55. The van der Waals surface area contributed by atoms with Gasteiger partial charge >= 0.3 is 6.36 Å². The Balaban J connectivity index is 1.83. The van der Waals surface area contributed by atoms with Gasteiger partial charge in [0.15, 0.2) is 0 Å². The number of hydrogen-bond acceptors (Lipinski definition) is 4. The summed E-state index contributed by atoms with van der Waals surface area (Å²) in [6.45, 7) is 2.57. The fraction of sp³-hybridized carbons (Fsp3) is 0.500. The van der Waals surface area contributed by atoms with Crippen LogP contribution in [0.2, 0.25) is 0 Å². The molecule has 1 aliphatic rings. The minimum Gasteiger partial charge on any atom is -0.406 e. The van der Waals surface area contributed by atoms with Crippen LogP contribution >= 0.6 is 0 Å². The van der Waals surface area contributed by atoms with Crippen molar-refractivity contribution in [2.75, 3.05) is 32.0 Å². The van der Waals surface area contributed by atoms with Gasteiger partial charge in [0.1, 0.15) is 5.75 Å². The third-order valence-corrected chi connectivity index (χ3v) is 4.42. The van der Waals surface area contributed by atoms with Crippen LogP contribution in [-0.2, 0) is 9.59 Å². The molecule has 1 aliphatic carbocycles. The van der Waals surface area contributed by atoms with Crippen LogP contribution in [0.5, 0.6) is 5.75 Å². The van der Waals surface area contributed by atoms with E-state index in [-0.39, 0.29) is 30.7 Å². The molecule has 0 unspecified atom stereocenters. The first-order valence-electron chi connectivity index (χ1n) is 9.51. The van der Waals surface area contributed by atoms with Crippen LogP contribution in [0.1, 0.15) is 32.6 Å². The van der Waals surface area contributed by atoms with Crippen molar-refractivity contribution < 1.29 is 27.5 Å². The maximum Gasteiger partial charge on any atom is 0.573 e. The molecule has 160 valence electrons. The molecule has 2 amide bonds. The zero-order valence-electron chi connectivity index (χ0n) is 16.6. The normalized spacial score (nSPS) is 14.3. The van der Waals surface area contributed by atoms with Gasteiger partial charge < -0.3 is 15.0 Å². The lowest BCUT2D eigenvalue weighted by Gasteiger charge is -2.28. The van der Waals surface area contributed by atoms with E-state index in [0.29, 0.717) is 12.2 Å². The molecule has 9 heteroatoms. The van der Waals surface area contributed by atoms with Gasteiger partial charge in [-0.3, -0.25) is 14.5 Å². The number of hydrogen-bond donors (Lipinski definition) is 1. The van der Waals surface area contributed by atoms with Crippen molar-refractivity contribution >= 4 is 17.5 Å². The number of anilines is 1. The molecule has 0 bridgehead atoms. The van der Waals surface area contributed by atoms with E-state index < -0.39 is 6.36 Å². The van der Waals surface area contributed by atoms with E-state index in [0.717, 1.165) is 43.5 Å². The summed E-state index contributed by atoms with van der Waals surface area (Å²) in [7, 11) is 1.67. The summed E-state index contributed by atoms with van der Waals surface area (Å²) in [6, 6.07) is 4.87. The minimum absolute atomic E-state index is 0.0247. The van der Waals surface area contributed by atoms with Crippen molar-refractivity contribution in [2.24, 2.45) is 0 Å². The number of rotatable bonds is 8. The van der Waals surface area contributed by atoms with Crippen LogP contribution in [0.3, 0.4) is 0 Å². The number of carbonyl (C=O) groups is 2. The molecule has 0 atom stereocenters. The molecule has 0 spiro atoms. The van der Waals surface area contributed by atoms with E-state index in [9.17, 15) is 22.8 Å². The number of alkyl halides is 3. The zero-order chi connectivity index (χ0) is 21.4. The molecule has 0 radical (unpaired) electrons. The Morgan fingerprint density at radius 1 is 1.14 bits per heavy atom. The van der Waals surface area contributed by atoms with Crippen LogP contribution in [0.25, 0.3) is 0 Å². The van der Waals surface area contributed by atoms with Gasteiger partial charge in [0.2, 0.25) is 11.8 Å². The number of halogens is 3. The summed E-state index contributed by atoms with van der Waals surface area (Å²) < 4.78 is 40.3. The molecule has 6 nitrogen and oxygen atoms in total. The van der Waals surface area contributed by atoms with Crippen LogP contribution in [0.15, 0.2) is 36.0 Å². The second-order valence-corrected chi connectivity index (χ2v) is 6.87. The molecule has 0 aromatic heterocycles. The largest absolute Gasteiger partial charge is 0.573 e. The van der Waals surface area contributed by atoms with Gasteiger partial charge in [-0.2, -0.15) is 0 Å². The summed E-state index contributed by atoms with van der Waals surface area (Å²) in [6.07, 6.45) is 1.41. The Morgan fingerprint density at radius 3 is 2.38 bits per heavy atom. The number of amides is 2. The van der Waals surface area contributed by atoms with Crippen molar-refractivity contribution in [3.63, 3.8) is 0 Å². The second kappa shape index (κ2) is 10.3. The SMILES string of the molecule is CCN(C(=O)CN(C)CC(=O)Nc1ccc(OC(F)(F)F)cc1)C1=CCCCC1. The summed E-state index contributed by atoms with van der Waals surface area (Å²) in [5, 5.41) is 2.59. The van der Waals surface area contributed by atoms with Crippen molar-refractivity contribution in [2.45, 2.75) is 39.0 Å². The average molecular weight is 413 g/mol. The third-order valence-electron chi connectivity index (χ3n) is 4.42. The smallest absolute Gasteiger partial charge is 0.406 e. The summed E-state index contributed by atoms with van der Waals surface area (Å²) in [5.74, 6) is -0.802. The first kappa shape index (κ1) is 22.7. The van der Waals surface area contributed by atoms with Gasteiger partial charge in [-0.25, -0.2) is 0 Å². The number of allylic oxidation sites excluding steroid dienone is 2. The van der Waals surface area contributed by atoms with Crippen molar-refractivity contribution in [3.8, 4) is 5.75 Å². The molecule has 0 saturated carbocycles. The molecular weight excluding hydrogens is 387 g/mol. The summed E-state index contributed by atoms with van der Waals surface area (Å²) in [5.41, 5.74) is 1.38. The standard InChI is InChI=1S/C20H26F3N3O3/c1-3-26(16-7-5-4-6-8-16)19(28)14-25(2)13-18(27)24-15-9-11-17(12-10-15)29-20(21,22)23/h7,9-12H,3-6,8,13-14H2,1-2H3,(H,24,27). The highest BCUT2D eigenvalue weighted by molar-refractivity contribution is 5.92. The lowest BCUT2D eigenvalue weighted by molar-refractivity contribution is -0.274. The number of ether oxygens (including phenoxy) is 1. The highest BCUT2D eigenvalue weighted by Gasteiger charge is 2.31. The number of likely N-dealkylation sites (N-methyl/N-ethyl adjacent to an activating group) is 2. The fourth-order valence-corrected chi connectivity index (χ4v) is 3.16. The molecule has 0 saturated heterocycles. The number of nitrogens with one attached hydrogen (secondary N) is 1. The second-order valence-electron chi connectivity index (χ2n) is 6.87. The molecule has 0 aliphatic heterocycles. The van der Waals surface area contributed by atoms with E-state index in [1.165, 1.54) is 12.1 Å². The Labute approximate surface area is 168 Å². The van der Waals surface area contributed by atoms with Crippen molar-refractivity contribution in [1.82, 2.24) is 9.80 Å². The quantitative estimate of drug-likeness (QED) is 0.705. The Bertz CT molecular complexity index is 733. The molecule has 0 fully saturated rings. The summed E-state index contributed by atoms with van der Waals surface area (Å²) >= 11 is 0. The lowest BCUT2D eigenvalue weighted by Crippen LogP contribution is -2.41. The number of nitrogens with zero attached hydrogens (tertiary/aromatic N) is 2. The van der Waals surface area contributed by atoms with E-state index in [4.69, 9.17) is 0 Å². The van der Waals surface area contributed by atoms with Crippen LogP contribution in [-0.4, -0.2) is 54.7 Å². The van der Waals surface area contributed by atoms with E-state index in [2.05, 4.69) is 16.1 Å². The molecule has 1 N–H and O–H groups in total. The Kier molecular flexibility index (Phi) is 8.07. The minimum atomic E-state index is -4.76. The number of carbonyl (C=O) groups excluding carboxylic acids is 2. The zero-order valence-corrected chi connectivity index (χ0v) is 16.6. The molecule has 1 aromatic rings. The third kappa shape index (κ3) is 7.77. The highest BCUT2D eigenvalue weighted by Crippen LogP contribution is 2.24. The Morgan fingerprint density at radius 2 is 1.83 bits per heavy atom. The predicted molar refractivity (Wildman–Crippen MR) is 103 cm³/mol. The fourth-order valence-electron chi connectivity index (χ4n) is 3.16. The van der Waals surface area contributed by atoms with E-state index in [1.807, 2.05) is 6.92 Å². The lowest BCUT2D eigenvalue weighted by atomic mass is 10.0. The van der Waals surface area contributed by atoms with Crippen LogP contribution < -0.4 is 10.1 Å². The first-order valence-corrected chi connectivity index (χ1v) is 9.51. The average Bonchev–Trinajstić information content (AvgIpc) is 2.63. The molecule has 2 rings (SSSR count). The number of benzene rings is 1. The topological polar surface area (TPSA) is 61.9 Å². The van der Waals surface area contributed by atoms with Gasteiger partial charge in [0.25, 0.3) is 0 Å². The van der Waals surface area contributed by atoms with Gasteiger partial charge in [0, 0.05) is 17.9 Å². The van der Waals surface area contributed by atoms with Crippen molar-refractivity contribution in [3.05, 3.63) is 36.0 Å². The molecule has 1 aromatic carbocycles.